The van der Waals surface area contributed by atoms with Gasteiger partial charge >= 0.3 is 0 Å². The summed E-state index contributed by atoms with van der Waals surface area (Å²) >= 11 is 0. The molecular formula is C12H20N4O2S. The molecule has 19 heavy (non-hydrogen) atoms. The second kappa shape index (κ2) is 6.18. The van der Waals surface area contributed by atoms with Gasteiger partial charge in [0, 0.05) is 48.1 Å². The number of fused-ring (bicyclic) bond motifs is 1. The average molecular weight is 284 g/mol. The Morgan fingerprint density at radius 2 is 2.47 bits per heavy atom. The predicted molar refractivity (Wildman–Crippen MR) is 75.8 cm³/mol. The highest BCUT2D eigenvalue weighted by atomic mass is 32.2. The third kappa shape index (κ3) is 3.79. The molecule has 1 aliphatic rings. The van der Waals surface area contributed by atoms with Crippen molar-refractivity contribution in [3.8, 4) is 0 Å². The first-order valence-corrected chi connectivity index (χ1v) is 8.21. The lowest BCUT2D eigenvalue weighted by molar-refractivity contribution is 0.0935. The van der Waals surface area contributed by atoms with Gasteiger partial charge in [0.25, 0.3) is 5.91 Å². The Morgan fingerprint density at radius 3 is 3.16 bits per heavy atom. The van der Waals surface area contributed by atoms with E-state index in [1.165, 1.54) is 0 Å². The van der Waals surface area contributed by atoms with Gasteiger partial charge in [-0.05, 0) is 19.8 Å². The number of hydrogen-bond donors (Lipinski definition) is 2. The van der Waals surface area contributed by atoms with Gasteiger partial charge in [-0.3, -0.25) is 9.00 Å². The molecule has 0 saturated heterocycles. The lowest BCUT2D eigenvalue weighted by Crippen LogP contribution is -2.33. The molecule has 0 spiro atoms. The number of hydrogen-bond acceptors (Lipinski definition) is 4. The van der Waals surface area contributed by atoms with Crippen LogP contribution in [0.5, 0.6) is 0 Å². The Morgan fingerprint density at radius 1 is 1.68 bits per heavy atom. The van der Waals surface area contributed by atoms with E-state index in [0.29, 0.717) is 17.9 Å². The van der Waals surface area contributed by atoms with E-state index in [2.05, 4.69) is 15.6 Å². The van der Waals surface area contributed by atoms with Crippen molar-refractivity contribution in [2.45, 2.75) is 32.4 Å². The van der Waals surface area contributed by atoms with Crippen LogP contribution >= 0.6 is 0 Å². The SMILES string of the molecule is CC(CCS(C)=O)NC(=O)c1cn2c(n1)NCCC2. The number of rotatable bonds is 5. The monoisotopic (exact) mass is 284 g/mol. The summed E-state index contributed by atoms with van der Waals surface area (Å²) in [5, 5.41) is 6.05. The van der Waals surface area contributed by atoms with Crippen molar-refractivity contribution in [3.05, 3.63) is 11.9 Å². The Balaban J connectivity index is 1.92. The molecule has 0 radical (unpaired) electrons. The Kier molecular flexibility index (Phi) is 4.57. The minimum atomic E-state index is -0.821. The largest absolute Gasteiger partial charge is 0.356 e. The molecular weight excluding hydrogens is 264 g/mol. The van der Waals surface area contributed by atoms with Crippen molar-refractivity contribution in [1.29, 1.82) is 0 Å². The number of carbonyl (C=O) groups is 1. The van der Waals surface area contributed by atoms with E-state index in [1.54, 1.807) is 12.5 Å². The Bertz CT molecular complexity index is 463. The number of nitrogens with one attached hydrogen (secondary N) is 2. The van der Waals surface area contributed by atoms with Gasteiger partial charge in [0.1, 0.15) is 5.69 Å². The zero-order chi connectivity index (χ0) is 13.8. The molecule has 106 valence electrons. The van der Waals surface area contributed by atoms with Gasteiger partial charge in [-0.2, -0.15) is 0 Å². The van der Waals surface area contributed by atoms with Gasteiger partial charge in [-0.1, -0.05) is 0 Å². The van der Waals surface area contributed by atoms with Gasteiger partial charge in [-0.25, -0.2) is 4.98 Å². The van der Waals surface area contributed by atoms with Crippen molar-refractivity contribution in [1.82, 2.24) is 14.9 Å². The molecule has 2 atom stereocenters. The van der Waals surface area contributed by atoms with Crippen LogP contribution in [0.25, 0.3) is 0 Å². The second-order valence-corrected chi connectivity index (χ2v) is 6.42. The summed E-state index contributed by atoms with van der Waals surface area (Å²) in [5.41, 5.74) is 0.439. The Hall–Kier alpha value is -1.37. The molecule has 7 heteroatoms. The van der Waals surface area contributed by atoms with Gasteiger partial charge in [0.2, 0.25) is 5.95 Å². The number of imidazole rings is 1. The van der Waals surface area contributed by atoms with Gasteiger partial charge in [0.05, 0.1) is 0 Å². The molecule has 6 nitrogen and oxygen atoms in total. The van der Waals surface area contributed by atoms with Crippen LogP contribution < -0.4 is 10.6 Å². The van der Waals surface area contributed by atoms with Crippen LogP contribution in [-0.2, 0) is 17.3 Å². The molecule has 0 aromatic carbocycles. The molecule has 2 rings (SSSR count). The van der Waals surface area contributed by atoms with Crippen molar-refractivity contribution in [2.75, 3.05) is 23.9 Å². The van der Waals surface area contributed by atoms with Crippen LogP contribution in [0.1, 0.15) is 30.3 Å². The molecule has 1 aromatic rings. The number of amides is 1. The average Bonchev–Trinajstić information content (AvgIpc) is 2.80. The first-order chi connectivity index (χ1) is 9.06. The maximum absolute atomic E-state index is 12.0. The fourth-order valence-electron chi connectivity index (χ4n) is 2.00. The highest BCUT2D eigenvalue weighted by Crippen LogP contribution is 2.14. The van der Waals surface area contributed by atoms with Crippen molar-refractivity contribution >= 4 is 22.7 Å². The van der Waals surface area contributed by atoms with Crippen molar-refractivity contribution < 1.29 is 9.00 Å². The minimum absolute atomic E-state index is 0.00286. The quantitative estimate of drug-likeness (QED) is 0.829. The Labute approximate surface area is 115 Å². The minimum Gasteiger partial charge on any atom is -0.356 e. The maximum Gasteiger partial charge on any atom is 0.271 e. The molecule has 0 bridgehead atoms. The van der Waals surface area contributed by atoms with Crippen LogP contribution in [0.15, 0.2) is 6.20 Å². The fourth-order valence-corrected chi connectivity index (χ4v) is 2.68. The van der Waals surface area contributed by atoms with E-state index in [0.717, 1.165) is 25.5 Å². The van der Waals surface area contributed by atoms with Crippen LogP contribution in [0.2, 0.25) is 0 Å². The molecule has 0 saturated carbocycles. The number of aryl methyl sites for hydroxylation is 1. The van der Waals surface area contributed by atoms with E-state index in [-0.39, 0.29) is 11.9 Å². The van der Waals surface area contributed by atoms with E-state index >= 15 is 0 Å². The third-order valence-electron chi connectivity index (χ3n) is 3.08. The summed E-state index contributed by atoms with van der Waals surface area (Å²) in [4.78, 5) is 16.3. The number of aromatic nitrogens is 2. The van der Waals surface area contributed by atoms with Crippen LogP contribution in [0.4, 0.5) is 5.95 Å². The molecule has 2 N–H and O–H groups in total. The van der Waals surface area contributed by atoms with E-state index < -0.39 is 10.8 Å². The molecule has 1 aliphatic heterocycles. The number of carbonyl (C=O) groups excluding carboxylic acids is 1. The van der Waals surface area contributed by atoms with Crippen molar-refractivity contribution in [2.24, 2.45) is 0 Å². The molecule has 1 amide bonds. The zero-order valence-corrected chi connectivity index (χ0v) is 12.1. The van der Waals surface area contributed by atoms with E-state index in [1.807, 2.05) is 11.5 Å². The number of nitrogens with zero attached hydrogens (tertiary/aromatic N) is 2. The summed E-state index contributed by atoms with van der Waals surface area (Å²) < 4.78 is 13.0. The summed E-state index contributed by atoms with van der Waals surface area (Å²) in [6.07, 6.45) is 5.20. The summed E-state index contributed by atoms with van der Waals surface area (Å²) in [6.45, 7) is 3.71. The van der Waals surface area contributed by atoms with E-state index in [9.17, 15) is 9.00 Å². The molecule has 0 fully saturated rings. The van der Waals surface area contributed by atoms with Crippen molar-refractivity contribution in [3.63, 3.8) is 0 Å². The lowest BCUT2D eigenvalue weighted by atomic mass is 10.2. The van der Waals surface area contributed by atoms with Gasteiger partial charge in [0.15, 0.2) is 0 Å². The predicted octanol–water partition coefficient (Wildman–Crippen LogP) is 0.586. The molecule has 0 aliphatic carbocycles. The lowest BCUT2D eigenvalue weighted by Gasteiger charge is -2.14. The topological polar surface area (TPSA) is 76.0 Å². The zero-order valence-electron chi connectivity index (χ0n) is 11.3. The first kappa shape index (κ1) is 14.0. The van der Waals surface area contributed by atoms with Crippen LogP contribution in [0, 0.1) is 0 Å². The molecule has 1 aromatic heterocycles. The van der Waals surface area contributed by atoms with Crippen LogP contribution in [0.3, 0.4) is 0 Å². The summed E-state index contributed by atoms with van der Waals surface area (Å²) in [7, 11) is -0.821. The highest BCUT2D eigenvalue weighted by Gasteiger charge is 2.17. The highest BCUT2D eigenvalue weighted by molar-refractivity contribution is 7.84. The molecule has 2 heterocycles. The number of anilines is 1. The summed E-state index contributed by atoms with van der Waals surface area (Å²) in [5.74, 6) is 1.19. The van der Waals surface area contributed by atoms with Gasteiger partial charge < -0.3 is 15.2 Å². The standard InChI is InChI=1S/C12H20N4O2S/c1-9(4-7-19(2)18)14-11(17)10-8-16-6-3-5-13-12(16)15-10/h8-9H,3-7H2,1-2H3,(H,13,15)(H,14,17). The van der Waals surface area contributed by atoms with Crippen LogP contribution in [-0.4, -0.2) is 44.3 Å². The normalized spacial score (nSPS) is 17.2. The summed E-state index contributed by atoms with van der Waals surface area (Å²) in [6, 6.07) is 0.00286. The van der Waals surface area contributed by atoms with E-state index in [4.69, 9.17) is 0 Å². The third-order valence-corrected chi connectivity index (χ3v) is 3.89. The maximum atomic E-state index is 12.0. The fraction of sp³-hybridized carbons (Fsp3) is 0.667. The smallest absolute Gasteiger partial charge is 0.271 e. The van der Waals surface area contributed by atoms with Gasteiger partial charge in [-0.15, -0.1) is 0 Å². The second-order valence-electron chi connectivity index (χ2n) is 4.86. The first-order valence-electron chi connectivity index (χ1n) is 6.48. The molecule has 2 unspecified atom stereocenters.